The summed E-state index contributed by atoms with van der Waals surface area (Å²) in [6.07, 6.45) is 7.14. The van der Waals surface area contributed by atoms with Crippen LogP contribution in [0.1, 0.15) is 79.6 Å². The van der Waals surface area contributed by atoms with Gasteiger partial charge in [0.15, 0.2) is 5.78 Å². The largest absolute Gasteiger partial charge is 0.387 e. The molecule has 1 heterocycles. The highest BCUT2D eigenvalue weighted by atomic mass is 16.2. The normalized spacial score (nSPS) is 41.3. The zero-order valence-electron chi connectivity index (χ0n) is 19.1. The minimum Gasteiger partial charge on any atom is -0.387 e. The maximum atomic E-state index is 13.3. The second kappa shape index (κ2) is 7.42. The number of hydrogen-bond acceptors (Lipinski definition) is 3. The molecule has 1 aliphatic heterocycles. The molecule has 0 bridgehead atoms. The molecule has 4 aliphatic rings. The van der Waals surface area contributed by atoms with Crippen LogP contribution in [0.2, 0.25) is 0 Å². The number of nitrogens with one attached hydrogen (secondary N) is 1. The summed E-state index contributed by atoms with van der Waals surface area (Å²) in [5, 5.41) is 3.77. The Morgan fingerprint density at radius 2 is 1.79 bits per heavy atom. The first-order valence-electron chi connectivity index (χ1n) is 12.1. The Bertz CT molecular complexity index is 724. The first kappa shape index (κ1) is 20.9. The van der Waals surface area contributed by atoms with Crippen LogP contribution in [0.5, 0.6) is 0 Å². The van der Waals surface area contributed by atoms with Crippen molar-refractivity contribution in [2.75, 3.05) is 19.6 Å². The van der Waals surface area contributed by atoms with Crippen LogP contribution in [-0.4, -0.2) is 36.2 Å². The van der Waals surface area contributed by atoms with Crippen molar-refractivity contribution >= 4 is 11.7 Å². The molecule has 3 unspecified atom stereocenters. The van der Waals surface area contributed by atoms with E-state index < -0.39 is 0 Å². The second-order valence-electron chi connectivity index (χ2n) is 10.5. The van der Waals surface area contributed by atoms with E-state index in [1.54, 1.807) is 0 Å². The predicted molar refractivity (Wildman–Crippen MR) is 116 cm³/mol. The maximum Gasteiger partial charge on any atom is 0.226 e. The first-order valence-corrected chi connectivity index (χ1v) is 12.1. The van der Waals surface area contributed by atoms with Crippen LogP contribution in [0.15, 0.2) is 11.3 Å². The van der Waals surface area contributed by atoms with Gasteiger partial charge in [0.1, 0.15) is 0 Å². The number of rotatable bonds is 4. The van der Waals surface area contributed by atoms with Crippen molar-refractivity contribution in [1.29, 1.82) is 0 Å². The summed E-state index contributed by atoms with van der Waals surface area (Å²) in [6, 6.07) is 0. The highest BCUT2D eigenvalue weighted by Crippen LogP contribution is 2.64. The Labute approximate surface area is 176 Å². The minimum absolute atomic E-state index is 0.116. The van der Waals surface area contributed by atoms with Crippen LogP contribution < -0.4 is 5.32 Å². The number of carbonyl (C=O) groups excluding carboxylic acids is 2. The molecule has 0 aromatic heterocycles. The summed E-state index contributed by atoms with van der Waals surface area (Å²) >= 11 is 0. The average molecular weight is 401 g/mol. The summed E-state index contributed by atoms with van der Waals surface area (Å²) in [5.41, 5.74) is 2.59. The Morgan fingerprint density at radius 1 is 1.07 bits per heavy atom. The fourth-order valence-corrected chi connectivity index (χ4v) is 7.93. The fourth-order valence-electron chi connectivity index (χ4n) is 7.93. The molecule has 29 heavy (non-hydrogen) atoms. The van der Waals surface area contributed by atoms with Crippen molar-refractivity contribution in [3.8, 4) is 0 Å². The van der Waals surface area contributed by atoms with Crippen LogP contribution in [-0.2, 0) is 9.59 Å². The lowest BCUT2D eigenvalue weighted by Crippen LogP contribution is -2.58. The van der Waals surface area contributed by atoms with E-state index in [9.17, 15) is 9.59 Å². The molecule has 0 radical (unpaired) electrons. The zero-order chi connectivity index (χ0) is 21.0. The molecular weight excluding hydrogens is 360 g/mol. The van der Waals surface area contributed by atoms with Crippen LogP contribution >= 0.6 is 0 Å². The van der Waals surface area contributed by atoms with Gasteiger partial charge in [0.25, 0.3) is 0 Å². The minimum atomic E-state index is 0.116. The van der Waals surface area contributed by atoms with Gasteiger partial charge in [0.2, 0.25) is 5.91 Å². The topological polar surface area (TPSA) is 49.4 Å². The van der Waals surface area contributed by atoms with Crippen molar-refractivity contribution in [2.24, 2.45) is 34.5 Å². The second-order valence-corrected chi connectivity index (χ2v) is 10.5. The van der Waals surface area contributed by atoms with E-state index in [0.717, 1.165) is 50.9 Å². The van der Waals surface area contributed by atoms with E-state index in [2.05, 4.69) is 39.9 Å². The highest BCUT2D eigenvalue weighted by molar-refractivity contribution is 5.97. The van der Waals surface area contributed by atoms with E-state index in [0.29, 0.717) is 35.9 Å². The molecule has 4 rings (SSSR count). The molecule has 3 aliphatic carbocycles. The molecule has 1 amide bonds. The van der Waals surface area contributed by atoms with Gasteiger partial charge >= 0.3 is 0 Å². The molecule has 162 valence electrons. The standard InChI is InChI=1S/C25H40N2O2/c1-6-16-21(28)12-14-25(5)19-11-13-24(4)18(17(19)15-26-22(16)25)9-10-20(24)23(29)27(7-2)8-3/h17-20,26H,6-15H2,1-5H3/t17?,18?,19?,20-,24+,25-/m1/s1. The van der Waals surface area contributed by atoms with Gasteiger partial charge in [-0.25, -0.2) is 0 Å². The van der Waals surface area contributed by atoms with Gasteiger partial charge in [0.05, 0.1) is 0 Å². The molecule has 4 nitrogen and oxygen atoms in total. The molecule has 1 saturated heterocycles. The van der Waals surface area contributed by atoms with Crippen molar-refractivity contribution in [1.82, 2.24) is 10.2 Å². The van der Waals surface area contributed by atoms with Crippen molar-refractivity contribution in [3.63, 3.8) is 0 Å². The van der Waals surface area contributed by atoms with Crippen LogP contribution in [0.4, 0.5) is 0 Å². The van der Waals surface area contributed by atoms with E-state index >= 15 is 0 Å². The summed E-state index contributed by atoms with van der Waals surface area (Å²) in [5.74, 6) is 2.84. The predicted octanol–water partition coefficient (Wildman–Crippen LogP) is 4.55. The van der Waals surface area contributed by atoms with Gasteiger partial charge in [-0.15, -0.1) is 0 Å². The van der Waals surface area contributed by atoms with Crippen LogP contribution in [0, 0.1) is 34.5 Å². The average Bonchev–Trinajstić information content (AvgIpc) is 3.06. The fraction of sp³-hybridized carbons (Fsp3) is 0.840. The third kappa shape index (κ3) is 2.91. The lowest BCUT2D eigenvalue weighted by atomic mass is 9.49. The lowest BCUT2D eigenvalue weighted by Gasteiger charge is -2.58. The number of hydrogen-bond donors (Lipinski definition) is 1. The SMILES string of the molecule is CCC1=C2NCC3C(CC[C@@]4(C)C3CC[C@@H]4C(=O)N(CC)CC)[C@@]2(C)CCC1=O. The van der Waals surface area contributed by atoms with Crippen molar-refractivity contribution in [3.05, 3.63) is 11.3 Å². The number of allylic oxidation sites excluding steroid dienone is 2. The lowest BCUT2D eigenvalue weighted by molar-refractivity contribution is -0.142. The molecule has 2 saturated carbocycles. The van der Waals surface area contributed by atoms with Gasteiger partial charge in [-0.1, -0.05) is 20.8 Å². The maximum absolute atomic E-state index is 13.3. The summed E-state index contributed by atoms with van der Waals surface area (Å²) in [7, 11) is 0. The van der Waals surface area contributed by atoms with Crippen LogP contribution in [0.3, 0.4) is 0 Å². The Morgan fingerprint density at radius 3 is 2.45 bits per heavy atom. The number of carbonyl (C=O) groups is 2. The smallest absolute Gasteiger partial charge is 0.226 e. The van der Waals surface area contributed by atoms with E-state index in [1.807, 2.05) is 4.90 Å². The zero-order valence-corrected chi connectivity index (χ0v) is 19.1. The first-order chi connectivity index (χ1) is 13.8. The number of amides is 1. The third-order valence-corrected chi connectivity index (χ3v) is 9.58. The highest BCUT2D eigenvalue weighted by Gasteiger charge is 2.61. The van der Waals surface area contributed by atoms with Gasteiger partial charge in [-0.05, 0) is 75.5 Å². The van der Waals surface area contributed by atoms with E-state index in [1.165, 1.54) is 18.5 Å². The Balaban J connectivity index is 1.63. The Hall–Kier alpha value is -1.32. The quantitative estimate of drug-likeness (QED) is 0.753. The van der Waals surface area contributed by atoms with Crippen molar-refractivity contribution < 1.29 is 9.59 Å². The third-order valence-electron chi connectivity index (χ3n) is 9.58. The molecule has 0 spiro atoms. The van der Waals surface area contributed by atoms with E-state index in [4.69, 9.17) is 0 Å². The molecule has 6 atom stereocenters. The van der Waals surface area contributed by atoms with Gasteiger partial charge < -0.3 is 10.2 Å². The van der Waals surface area contributed by atoms with Crippen molar-refractivity contribution in [2.45, 2.75) is 79.6 Å². The van der Waals surface area contributed by atoms with Gasteiger partial charge in [-0.3, -0.25) is 9.59 Å². The monoisotopic (exact) mass is 400 g/mol. The molecule has 1 N–H and O–H groups in total. The summed E-state index contributed by atoms with van der Waals surface area (Å²) in [4.78, 5) is 27.9. The molecule has 0 aromatic rings. The van der Waals surface area contributed by atoms with Gasteiger partial charge in [0, 0.05) is 48.7 Å². The number of fused-ring (bicyclic) bond motifs is 5. The number of ketones is 1. The number of piperidine rings is 1. The Kier molecular flexibility index (Phi) is 5.36. The van der Waals surface area contributed by atoms with Crippen LogP contribution in [0.25, 0.3) is 0 Å². The summed E-state index contributed by atoms with van der Waals surface area (Å²) in [6.45, 7) is 13.8. The molecule has 0 aromatic carbocycles. The molecule has 3 fully saturated rings. The number of Topliss-reactive ketones (excluding diaryl/α,β-unsaturated/α-hetero) is 1. The molecular formula is C25H40N2O2. The van der Waals surface area contributed by atoms with E-state index in [-0.39, 0.29) is 16.7 Å². The summed E-state index contributed by atoms with van der Waals surface area (Å²) < 4.78 is 0. The molecule has 4 heteroatoms. The van der Waals surface area contributed by atoms with Gasteiger partial charge in [-0.2, -0.15) is 0 Å². The number of nitrogens with zero attached hydrogens (tertiary/aromatic N) is 1.